The molecule has 15 heteroatoms. The number of hydrogen-bond acceptors (Lipinski definition) is 10. The Labute approximate surface area is 300 Å². The molecule has 0 spiro atoms. The first-order chi connectivity index (χ1) is 25.1. The van der Waals surface area contributed by atoms with Crippen molar-refractivity contribution in [1.29, 1.82) is 0 Å². The minimum absolute atomic E-state index is 0.0580. The van der Waals surface area contributed by atoms with Crippen LogP contribution in [-0.4, -0.2) is 88.0 Å². The molecule has 0 unspecified atom stereocenters. The highest BCUT2D eigenvalue weighted by atomic mass is 19.1. The number of hydrogen-bond donors (Lipinski definition) is 2. The highest BCUT2D eigenvalue weighted by Gasteiger charge is 2.38. The van der Waals surface area contributed by atoms with E-state index in [1.807, 2.05) is 43.3 Å². The summed E-state index contributed by atoms with van der Waals surface area (Å²) in [5, 5.41) is 6.03. The fraction of sp³-hybridized carbons (Fsp3) is 0.297. The number of benzene rings is 3. The number of urea groups is 1. The summed E-state index contributed by atoms with van der Waals surface area (Å²) in [4.78, 5) is 42.6. The van der Waals surface area contributed by atoms with E-state index in [0.29, 0.717) is 36.6 Å². The van der Waals surface area contributed by atoms with Gasteiger partial charge in [-0.15, -0.1) is 0 Å². The average Bonchev–Trinajstić information content (AvgIpc) is 3.14. The lowest BCUT2D eigenvalue weighted by molar-refractivity contribution is -0.111. The monoisotopic (exact) mass is 714 g/mol. The number of amides is 3. The molecule has 3 heterocycles. The third-order valence-corrected chi connectivity index (χ3v) is 8.48. The number of fused-ring (bicyclic) bond motifs is 1. The van der Waals surface area contributed by atoms with E-state index in [-0.39, 0.29) is 42.3 Å². The van der Waals surface area contributed by atoms with Crippen molar-refractivity contribution in [2.24, 2.45) is 0 Å². The van der Waals surface area contributed by atoms with Crippen LogP contribution in [0.4, 0.5) is 48.1 Å². The van der Waals surface area contributed by atoms with Crippen LogP contribution < -0.4 is 34.8 Å². The van der Waals surface area contributed by atoms with E-state index in [1.165, 1.54) is 31.4 Å². The number of halogens is 2. The molecule has 1 fully saturated rings. The number of methoxy groups -OCH3 is 2. The van der Waals surface area contributed by atoms with Gasteiger partial charge in [0.2, 0.25) is 11.9 Å². The molecule has 3 amide bonds. The van der Waals surface area contributed by atoms with Gasteiger partial charge in [-0.3, -0.25) is 14.6 Å². The zero-order valence-corrected chi connectivity index (χ0v) is 29.4. The lowest BCUT2D eigenvalue weighted by Gasteiger charge is -2.36. The van der Waals surface area contributed by atoms with Crippen LogP contribution in [0.5, 0.6) is 11.5 Å². The largest absolute Gasteiger partial charge is 0.493 e. The number of carbonyl (C=O) groups excluding carboxylic acids is 2. The zero-order valence-electron chi connectivity index (χ0n) is 29.4. The highest BCUT2D eigenvalue weighted by molar-refractivity contribution is 6.06. The summed E-state index contributed by atoms with van der Waals surface area (Å²) in [6, 6.07) is 15.1. The van der Waals surface area contributed by atoms with Crippen molar-refractivity contribution in [2.45, 2.75) is 13.1 Å². The van der Waals surface area contributed by atoms with E-state index >= 15 is 8.78 Å². The molecule has 4 aromatic rings. The van der Waals surface area contributed by atoms with E-state index in [4.69, 9.17) is 19.2 Å². The molecule has 52 heavy (non-hydrogen) atoms. The third kappa shape index (κ3) is 8.05. The van der Waals surface area contributed by atoms with Crippen LogP contribution in [-0.2, 0) is 22.6 Å². The first-order valence-corrected chi connectivity index (χ1v) is 16.6. The van der Waals surface area contributed by atoms with Crippen molar-refractivity contribution in [3.05, 3.63) is 95.7 Å². The number of morpholine rings is 1. The van der Waals surface area contributed by atoms with Crippen LogP contribution in [0.25, 0.3) is 0 Å². The van der Waals surface area contributed by atoms with E-state index in [1.54, 1.807) is 30.3 Å². The van der Waals surface area contributed by atoms with Gasteiger partial charge in [0.1, 0.15) is 11.5 Å². The van der Waals surface area contributed by atoms with E-state index in [0.717, 1.165) is 35.4 Å². The van der Waals surface area contributed by atoms with Crippen molar-refractivity contribution < 1.29 is 32.6 Å². The Balaban J connectivity index is 1.33. The summed E-state index contributed by atoms with van der Waals surface area (Å²) in [6.45, 7) is 3.26. The minimum atomic E-state index is -1.07. The van der Waals surface area contributed by atoms with Crippen LogP contribution in [0.1, 0.15) is 11.1 Å². The van der Waals surface area contributed by atoms with Crippen molar-refractivity contribution in [3.8, 4) is 11.5 Å². The molecule has 0 radical (unpaired) electrons. The Bertz CT molecular complexity index is 1930. The van der Waals surface area contributed by atoms with Crippen molar-refractivity contribution in [1.82, 2.24) is 14.9 Å². The summed E-state index contributed by atoms with van der Waals surface area (Å²) in [5.41, 5.74) is 2.71. The molecule has 1 aromatic heterocycles. The molecule has 2 aliphatic heterocycles. The van der Waals surface area contributed by atoms with Gasteiger partial charge in [-0.1, -0.05) is 18.2 Å². The molecule has 2 aliphatic rings. The van der Waals surface area contributed by atoms with Crippen LogP contribution in [0.2, 0.25) is 0 Å². The van der Waals surface area contributed by atoms with Crippen LogP contribution in [0, 0.1) is 11.6 Å². The number of rotatable bonds is 12. The standard InChI is InChI=1S/C37H40F2N8O5/c1-44(2)14-6-9-31(48)41-27-8-5-7-24(19-27)22-47-35-25(23-46(37(47)49)34-32(38)29(50-3)20-30(51-4)33(34)39)21-40-36(43-35)42-26-10-12-28(13-11-26)45-15-17-52-18-16-45/h5-13,19-21H,14-18,22-23H2,1-4H3,(H,41,48)(H,40,42,43)/b9-6+. The normalized spacial score (nSPS) is 14.5. The lowest BCUT2D eigenvalue weighted by Crippen LogP contribution is -2.48. The number of ether oxygens (including phenoxy) is 3. The quantitative estimate of drug-likeness (QED) is 0.181. The topological polar surface area (TPSA) is 125 Å². The van der Waals surface area contributed by atoms with Crippen LogP contribution in [0.15, 0.2) is 72.9 Å². The van der Waals surface area contributed by atoms with E-state index in [2.05, 4.69) is 20.5 Å². The van der Waals surface area contributed by atoms with Gasteiger partial charge < -0.3 is 34.6 Å². The zero-order chi connectivity index (χ0) is 36.8. The van der Waals surface area contributed by atoms with Crippen LogP contribution >= 0.6 is 0 Å². The summed E-state index contributed by atoms with van der Waals surface area (Å²) >= 11 is 0. The molecule has 0 saturated carbocycles. The van der Waals surface area contributed by atoms with Crippen molar-refractivity contribution >= 4 is 46.5 Å². The summed E-state index contributed by atoms with van der Waals surface area (Å²) < 4.78 is 47.3. The molecule has 2 N–H and O–H groups in total. The molecule has 0 atom stereocenters. The second-order valence-corrected chi connectivity index (χ2v) is 12.4. The van der Waals surface area contributed by atoms with Crippen molar-refractivity contribution in [3.63, 3.8) is 0 Å². The van der Waals surface area contributed by atoms with E-state index in [9.17, 15) is 9.59 Å². The fourth-order valence-corrected chi connectivity index (χ4v) is 5.90. The fourth-order valence-electron chi connectivity index (χ4n) is 5.90. The minimum Gasteiger partial charge on any atom is -0.493 e. The second kappa shape index (κ2) is 16.0. The molecule has 6 rings (SSSR count). The summed E-state index contributed by atoms with van der Waals surface area (Å²) in [6.07, 6.45) is 4.71. The Hall–Kier alpha value is -5.80. The maximum absolute atomic E-state index is 15.8. The van der Waals surface area contributed by atoms with Gasteiger partial charge in [-0.25, -0.2) is 18.6 Å². The molecule has 0 bridgehead atoms. The third-order valence-electron chi connectivity index (χ3n) is 8.48. The van der Waals surface area contributed by atoms with Gasteiger partial charge in [-0.05, 0) is 56.1 Å². The first-order valence-electron chi connectivity index (χ1n) is 16.6. The second-order valence-electron chi connectivity index (χ2n) is 12.4. The molecule has 13 nitrogen and oxygen atoms in total. The van der Waals surface area contributed by atoms with Gasteiger partial charge >= 0.3 is 6.03 Å². The van der Waals surface area contributed by atoms with Gasteiger partial charge in [0.25, 0.3) is 0 Å². The molecule has 272 valence electrons. The van der Waals surface area contributed by atoms with Crippen LogP contribution in [0.3, 0.4) is 0 Å². The smallest absolute Gasteiger partial charge is 0.330 e. The van der Waals surface area contributed by atoms with Gasteiger partial charge in [-0.2, -0.15) is 4.98 Å². The Morgan fingerprint density at radius 3 is 2.38 bits per heavy atom. The number of nitrogens with one attached hydrogen (secondary N) is 2. The molecular formula is C37H40F2N8O5. The van der Waals surface area contributed by atoms with Gasteiger partial charge in [0, 0.05) is 60.6 Å². The predicted octanol–water partition coefficient (Wildman–Crippen LogP) is 5.56. The highest BCUT2D eigenvalue weighted by Crippen LogP contribution is 2.41. The Morgan fingerprint density at radius 2 is 1.71 bits per heavy atom. The molecule has 3 aromatic carbocycles. The molecule has 1 saturated heterocycles. The number of nitrogens with zero attached hydrogens (tertiary/aromatic N) is 6. The molecule has 0 aliphatic carbocycles. The first kappa shape index (κ1) is 36.0. The molecular weight excluding hydrogens is 674 g/mol. The number of carbonyl (C=O) groups is 2. The number of aromatic nitrogens is 2. The predicted molar refractivity (Wildman–Crippen MR) is 195 cm³/mol. The average molecular weight is 715 g/mol. The maximum Gasteiger partial charge on any atom is 0.330 e. The Morgan fingerprint density at radius 1 is 1.00 bits per heavy atom. The van der Waals surface area contributed by atoms with Gasteiger partial charge in [0.15, 0.2) is 23.1 Å². The SMILES string of the molecule is COc1cc(OC)c(F)c(N2Cc3cnc(Nc4ccc(N5CCOCC5)cc4)nc3N(Cc3cccc(NC(=O)/C=C/CN(C)C)c3)C2=O)c1F. The lowest BCUT2D eigenvalue weighted by atomic mass is 10.1. The van der Waals surface area contributed by atoms with E-state index < -0.39 is 23.4 Å². The van der Waals surface area contributed by atoms with Gasteiger partial charge in [0.05, 0.1) is 40.5 Å². The number of anilines is 6. The number of likely N-dealkylation sites (N-methyl/N-ethyl adjacent to an activating group) is 1. The maximum atomic E-state index is 15.8. The summed E-state index contributed by atoms with van der Waals surface area (Å²) in [7, 11) is 6.27. The Kier molecular flexibility index (Phi) is 11.1. The van der Waals surface area contributed by atoms with Crippen molar-refractivity contribution in [2.75, 3.05) is 86.5 Å². The summed E-state index contributed by atoms with van der Waals surface area (Å²) in [5.74, 6) is -2.57.